The third-order valence-electron chi connectivity index (χ3n) is 4.58. The lowest BCUT2D eigenvalue weighted by Gasteiger charge is -2.27. The Labute approximate surface area is 158 Å². The molecule has 1 fully saturated rings. The van der Waals surface area contributed by atoms with Crippen molar-refractivity contribution in [3.63, 3.8) is 0 Å². The number of fused-ring (bicyclic) bond motifs is 1. The first-order valence-electron chi connectivity index (χ1n) is 8.84. The number of ether oxygens (including phenoxy) is 1. The van der Waals surface area contributed by atoms with Crippen LogP contribution in [0.5, 0.6) is 0 Å². The van der Waals surface area contributed by atoms with Crippen molar-refractivity contribution in [2.45, 2.75) is 5.75 Å². The number of nitrogens with zero attached hydrogens (tertiary/aromatic N) is 3. The number of rotatable bonds is 4. The fourth-order valence-corrected chi connectivity index (χ4v) is 4.02. The minimum Gasteiger partial charge on any atom is -0.378 e. The third-order valence-corrected chi connectivity index (χ3v) is 5.44. The largest absolute Gasteiger partial charge is 0.378 e. The Kier molecular flexibility index (Phi) is 4.80. The van der Waals surface area contributed by atoms with Crippen molar-refractivity contribution in [3.05, 3.63) is 54.2 Å². The predicted octanol–water partition coefficient (Wildman–Crippen LogP) is 2.68. The summed E-state index contributed by atoms with van der Waals surface area (Å²) >= 11 is 0. The van der Waals surface area contributed by atoms with Crippen molar-refractivity contribution >= 4 is 26.7 Å². The Bertz CT molecular complexity index is 1060. The molecule has 1 aliphatic heterocycles. The predicted molar refractivity (Wildman–Crippen MR) is 107 cm³/mol. The van der Waals surface area contributed by atoms with Gasteiger partial charge in [0.05, 0.1) is 36.2 Å². The lowest BCUT2D eigenvalue weighted by molar-refractivity contribution is 0.122. The van der Waals surface area contributed by atoms with E-state index in [4.69, 9.17) is 9.72 Å². The van der Waals surface area contributed by atoms with Crippen molar-refractivity contribution in [1.29, 1.82) is 0 Å². The monoisotopic (exact) mass is 383 g/mol. The van der Waals surface area contributed by atoms with Gasteiger partial charge in [-0.3, -0.25) is 4.98 Å². The zero-order valence-electron chi connectivity index (χ0n) is 15.1. The molecule has 0 bridgehead atoms. The molecule has 1 aromatic heterocycles. The van der Waals surface area contributed by atoms with Gasteiger partial charge in [-0.25, -0.2) is 13.4 Å². The highest BCUT2D eigenvalue weighted by molar-refractivity contribution is 7.89. The van der Waals surface area contributed by atoms with Crippen molar-refractivity contribution in [1.82, 2.24) is 9.97 Å². The average molecular weight is 383 g/mol. The minimum atomic E-state index is -3.03. The Hall–Kier alpha value is -2.51. The maximum Gasteiger partial charge on any atom is 0.151 e. The Morgan fingerprint density at radius 2 is 1.70 bits per heavy atom. The Balaban J connectivity index is 1.63. The lowest BCUT2D eigenvalue weighted by atomic mass is 10.0. The van der Waals surface area contributed by atoms with Crippen molar-refractivity contribution in [3.8, 4) is 11.1 Å². The van der Waals surface area contributed by atoms with Crippen LogP contribution >= 0.6 is 0 Å². The van der Waals surface area contributed by atoms with Crippen molar-refractivity contribution in [2.75, 3.05) is 37.5 Å². The number of sulfone groups is 1. The molecule has 1 saturated heterocycles. The summed E-state index contributed by atoms with van der Waals surface area (Å²) in [6.45, 7) is 3.06. The lowest BCUT2D eigenvalue weighted by Crippen LogP contribution is -2.36. The number of morpholine rings is 1. The molecule has 1 aliphatic rings. The van der Waals surface area contributed by atoms with Crippen LogP contribution in [-0.2, 0) is 20.3 Å². The van der Waals surface area contributed by atoms with Gasteiger partial charge in [0.1, 0.15) is 5.82 Å². The van der Waals surface area contributed by atoms with Gasteiger partial charge in [-0.2, -0.15) is 0 Å². The van der Waals surface area contributed by atoms with Gasteiger partial charge >= 0.3 is 0 Å². The third kappa shape index (κ3) is 4.26. The molecule has 4 rings (SSSR count). The highest BCUT2D eigenvalue weighted by Crippen LogP contribution is 2.25. The first-order valence-corrected chi connectivity index (χ1v) is 10.9. The second-order valence-electron chi connectivity index (χ2n) is 6.80. The van der Waals surface area contributed by atoms with E-state index < -0.39 is 9.84 Å². The molecule has 0 N–H and O–H groups in total. The van der Waals surface area contributed by atoms with Crippen molar-refractivity contribution < 1.29 is 13.2 Å². The van der Waals surface area contributed by atoms with E-state index in [-0.39, 0.29) is 5.75 Å². The van der Waals surface area contributed by atoms with Crippen LogP contribution in [-0.4, -0.2) is 50.9 Å². The molecule has 140 valence electrons. The first kappa shape index (κ1) is 17.9. The van der Waals surface area contributed by atoms with E-state index in [2.05, 4.69) is 9.88 Å². The molecule has 0 unspecified atom stereocenters. The fourth-order valence-electron chi connectivity index (χ4n) is 3.22. The van der Waals surface area contributed by atoms with Crippen LogP contribution in [0.2, 0.25) is 0 Å². The number of hydrogen-bond acceptors (Lipinski definition) is 6. The van der Waals surface area contributed by atoms with Crippen LogP contribution in [0.3, 0.4) is 0 Å². The van der Waals surface area contributed by atoms with Gasteiger partial charge in [0.15, 0.2) is 9.84 Å². The summed E-state index contributed by atoms with van der Waals surface area (Å²) in [5.41, 5.74) is 4.53. The van der Waals surface area contributed by atoms with Gasteiger partial charge < -0.3 is 9.64 Å². The summed E-state index contributed by atoms with van der Waals surface area (Å²) in [4.78, 5) is 11.5. The summed E-state index contributed by atoms with van der Waals surface area (Å²) < 4.78 is 28.3. The first-order chi connectivity index (χ1) is 13.0. The van der Waals surface area contributed by atoms with E-state index in [1.807, 2.05) is 48.7 Å². The zero-order valence-corrected chi connectivity index (χ0v) is 15.9. The van der Waals surface area contributed by atoms with Gasteiger partial charge in [-0.1, -0.05) is 30.3 Å². The van der Waals surface area contributed by atoms with E-state index in [1.54, 1.807) is 0 Å². The summed E-state index contributed by atoms with van der Waals surface area (Å²) in [7, 11) is -3.03. The van der Waals surface area contributed by atoms with Crippen LogP contribution in [0.1, 0.15) is 5.56 Å². The van der Waals surface area contributed by atoms with Crippen LogP contribution < -0.4 is 4.90 Å². The molecule has 0 amide bonds. The molecule has 2 heterocycles. The molecule has 0 saturated carbocycles. The Morgan fingerprint density at radius 3 is 2.41 bits per heavy atom. The maximum atomic E-state index is 11.4. The topological polar surface area (TPSA) is 72.4 Å². The maximum absolute atomic E-state index is 11.4. The van der Waals surface area contributed by atoms with Crippen molar-refractivity contribution in [2.24, 2.45) is 0 Å². The summed E-state index contributed by atoms with van der Waals surface area (Å²) in [6, 6.07) is 13.6. The molecule has 0 radical (unpaired) electrons. The van der Waals surface area contributed by atoms with Crippen LogP contribution in [0, 0.1) is 0 Å². The number of aromatic nitrogens is 2. The second kappa shape index (κ2) is 7.25. The second-order valence-corrected chi connectivity index (χ2v) is 8.94. The smallest absolute Gasteiger partial charge is 0.151 e. The van der Waals surface area contributed by atoms with E-state index in [0.29, 0.717) is 13.2 Å². The number of anilines is 1. The Morgan fingerprint density at radius 1 is 1.00 bits per heavy atom. The molecule has 6 nitrogen and oxygen atoms in total. The van der Waals surface area contributed by atoms with E-state index >= 15 is 0 Å². The molecule has 0 atom stereocenters. The summed E-state index contributed by atoms with van der Waals surface area (Å²) in [6.07, 6.45) is 3.06. The van der Waals surface area contributed by atoms with Gasteiger partial charge in [-0.05, 0) is 28.8 Å². The fraction of sp³-hybridized carbons (Fsp3) is 0.300. The molecule has 3 aromatic rings. The highest BCUT2D eigenvalue weighted by atomic mass is 32.2. The minimum absolute atomic E-state index is 0.0549. The number of hydrogen-bond donors (Lipinski definition) is 0. The summed E-state index contributed by atoms with van der Waals surface area (Å²) in [5, 5.41) is 0. The molecule has 0 spiro atoms. The van der Waals surface area contributed by atoms with Crippen LogP contribution in [0.25, 0.3) is 22.2 Å². The molecule has 2 aromatic carbocycles. The molecule has 7 heteroatoms. The molecule has 0 aliphatic carbocycles. The summed E-state index contributed by atoms with van der Waals surface area (Å²) in [5.74, 6) is 0.922. The van der Waals surface area contributed by atoms with Gasteiger partial charge in [0.2, 0.25) is 0 Å². The molecular formula is C20H21N3O3S. The molecular weight excluding hydrogens is 362 g/mol. The van der Waals surface area contributed by atoms with Gasteiger partial charge in [0.25, 0.3) is 0 Å². The highest BCUT2D eigenvalue weighted by Gasteiger charge is 2.13. The zero-order chi connectivity index (χ0) is 18.9. The van der Waals surface area contributed by atoms with Crippen LogP contribution in [0.15, 0.2) is 48.7 Å². The normalized spacial score (nSPS) is 15.2. The van der Waals surface area contributed by atoms with Crippen LogP contribution in [0.4, 0.5) is 5.82 Å². The molecule has 27 heavy (non-hydrogen) atoms. The number of benzene rings is 2. The average Bonchev–Trinajstić information content (AvgIpc) is 2.67. The quantitative estimate of drug-likeness (QED) is 0.690. The van der Waals surface area contributed by atoms with E-state index in [0.717, 1.165) is 46.6 Å². The van der Waals surface area contributed by atoms with E-state index in [9.17, 15) is 8.42 Å². The SMILES string of the molecule is CS(=O)(=O)Cc1ccc(-c2ccc3ncc(N4CCOCC4)nc3c2)cc1. The van der Waals surface area contributed by atoms with Gasteiger partial charge in [0, 0.05) is 19.3 Å². The van der Waals surface area contributed by atoms with E-state index in [1.165, 1.54) is 6.26 Å². The standard InChI is InChI=1S/C20H21N3O3S/c1-27(24,25)14-15-2-4-16(5-3-15)17-6-7-18-19(12-17)22-20(13-21-18)23-8-10-26-11-9-23/h2-7,12-13H,8-11,14H2,1H3. The van der Waals surface area contributed by atoms with Gasteiger partial charge in [-0.15, -0.1) is 0 Å².